The van der Waals surface area contributed by atoms with Crippen LogP contribution in [0.25, 0.3) is 5.70 Å². The zero-order valence-corrected chi connectivity index (χ0v) is 22.0. The maximum Gasteiger partial charge on any atom is 0.410 e. The monoisotopic (exact) mass is 501 g/mol. The third-order valence-corrected chi connectivity index (χ3v) is 7.93. The molecule has 0 aromatic carbocycles. The number of nitrogens with one attached hydrogen (secondary N) is 1. The molecule has 0 spiro atoms. The lowest BCUT2D eigenvalue weighted by atomic mass is 9.80. The SMILES string of the molecule is Cc1nc(C2=C(COC(=O)N(C)C(C)C3CCC3)N(C)NN2C)ccc1O[C@H]1CCC[C@H](C(=O)O)C1. The summed E-state index contributed by atoms with van der Waals surface area (Å²) in [5.74, 6) is 0.113. The van der Waals surface area contributed by atoms with Crippen molar-refractivity contribution in [1.29, 1.82) is 0 Å². The molecule has 0 saturated heterocycles. The molecule has 1 aromatic heterocycles. The number of carboxylic acids is 1. The molecule has 36 heavy (non-hydrogen) atoms. The molecule has 198 valence electrons. The van der Waals surface area contributed by atoms with Crippen LogP contribution in [0.15, 0.2) is 17.8 Å². The van der Waals surface area contributed by atoms with Gasteiger partial charge in [0, 0.05) is 27.2 Å². The largest absolute Gasteiger partial charge is 0.489 e. The molecule has 1 unspecified atom stereocenters. The minimum atomic E-state index is -0.752. The fraction of sp³-hybridized carbons (Fsp3) is 0.654. The van der Waals surface area contributed by atoms with Gasteiger partial charge >= 0.3 is 12.1 Å². The summed E-state index contributed by atoms with van der Waals surface area (Å²) in [5.41, 5.74) is 6.28. The lowest BCUT2D eigenvalue weighted by Crippen LogP contribution is -2.43. The van der Waals surface area contributed by atoms with Crippen LogP contribution < -0.4 is 10.3 Å². The fourth-order valence-corrected chi connectivity index (χ4v) is 5.27. The van der Waals surface area contributed by atoms with E-state index in [1.165, 1.54) is 6.42 Å². The molecule has 2 saturated carbocycles. The van der Waals surface area contributed by atoms with E-state index >= 15 is 0 Å². The second kappa shape index (κ2) is 10.9. The van der Waals surface area contributed by atoms with Crippen molar-refractivity contribution in [3.8, 4) is 5.75 Å². The second-order valence-electron chi connectivity index (χ2n) is 10.3. The molecule has 0 radical (unpaired) electrons. The van der Waals surface area contributed by atoms with Gasteiger partial charge in [-0.3, -0.25) is 14.8 Å². The highest BCUT2D eigenvalue weighted by molar-refractivity contribution is 5.70. The van der Waals surface area contributed by atoms with Crippen LogP contribution in [0, 0.1) is 18.8 Å². The molecule has 10 heteroatoms. The standard InChI is InChI=1S/C26H39N5O5/c1-16-23(36-20-11-7-10-19(14-20)25(32)33)13-12-21(27-16)24-22(30(4)28-31(24)5)15-35-26(34)29(3)17(2)18-8-6-9-18/h12-13,17-20,28H,6-11,14-15H2,1-5H3,(H,32,33)/t17?,19-,20-/m0/s1. The van der Waals surface area contributed by atoms with Crippen LogP contribution in [-0.2, 0) is 9.53 Å². The number of carbonyl (C=O) groups excluding carboxylic acids is 1. The Bertz CT molecular complexity index is 1010. The Morgan fingerprint density at radius 2 is 1.92 bits per heavy atom. The maximum absolute atomic E-state index is 12.7. The quantitative estimate of drug-likeness (QED) is 0.552. The minimum absolute atomic E-state index is 0.112. The van der Waals surface area contributed by atoms with Crippen molar-refractivity contribution in [2.45, 2.75) is 70.9 Å². The minimum Gasteiger partial charge on any atom is -0.489 e. The van der Waals surface area contributed by atoms with Crippen LogP contribution >= 0.6 is 0 Å². The van der Waals surface area contributed by atoms with Gasteiger partial charge in [-0.05, 0) is 70.4 Å². The Kier molecular flexibility index (Phi) is 7.92. The second-order valence-corrected chi connectivity index (χ2v) is 10.3. The highest BCUT2D eigenvalue weighted by Gasteiger charge is 2.32. The van der Waals surface area contributed by atoms with E-state index in [0.717, 1.165) is 48.5 Å². The smallest absolute Gasteiger partial charge is 0.410 e. The van der Waals surface area contributed by atoms with Gasteiger partial charge in [0.2, 0.25) is 0 Å². The van der Waals surface area contributed by atoms with Gasteiger partial charge in [0.15, 0.2) is 0 Å². The zero-order chi connectivity index (χ0) is 26.0. The molecular weight excluding hydrogens is 462 g/mol. The normalized spacial score (nSPS) is 23.4. The van der Waals surface area contributed by atoms with Gasteiger partial charge in [-0.2, -0.15) is 0 Å². The maximum atomic E-state index is 12.7. The first kappa shape index (κ1) is 26.1. The van der Waals surface area contributed by atoms with Crippen molar-refractivity contribution < 1.29 is 24.2 Å². The molecule has 1 aliphatic heterocycles. The number of pyridine rings is 1. The predicted molar refractivity (Wildman–Crippen MR) is 134 cm³/mol. The molecule has 1 aromatic rings. The number of hydrogen-bond donors (Lipinski definition) is 2. The van der Waals surface area contributed by atoms with Gasteiger partial charge in [-0.15, -0.1) is 5.53 Å². The van der Waals surface area contributed by atoms with Crippen molar-refractivity contribution in [3.63, 3.8) is 0 Å². The molecule has 3 aliphatic rings. The molecular formula is C26H39N5O5. The van der Waals surface area contributed by atoms with Crippen molar-refractivity contribution in [1.82, 2.24) is 25.4 Å². The van der Waals surface area contributed by atoms with E-state index in [1.807, 2.05) is 43.2 Å². The lowest BCUT2D eigenvalue weighted by Gasteiger charge is -2.36. The average Bonchev–Trinajstić information content (AvgIpc) is 3.09. The average molecular weight is 502 g/mol. The first-order valence-corrected chi connectivity index (χ1v) is 12.9. The van der Waals surface area contributed by atoms with Crippen molar-refractivity contribution >= 4 is 17.8 Å². The summed E-state index contributed by atoms with van der Waals surface area (Å²) in [6.45, 7) is 4.08. The van der Waals surface area contributed by atoms with Crippen molar-refractivity contribution in [3.05, 3.63) is 29.2 Å². The van der Waals surface area contributed by atoms with E-state index in [2.05, 4.69) is 12.5 Å². The number of nitrogens with zero attached hydrogens (tertiary/aromatic N) is 4. The number of hydrazine groups is 2. The number of carbonyl (C=O) groups is 2. The summed E-state index contributed by atoms with van der Waals surface area (Å²) in [4.78, 5) is 30.6. The summed E-state index contributed by atoms with van der Waals surface area (Å²) < 4.78 is 11.9. The number of likely N-dealkylation sites (N-methyl/N-ethyl adjacent to an activating group) is 1. The zero-order valence-electron chi connectivity index (χ0n) is 22.0. The summed E-state index contributed by atoms with van der Waals surface area (Å²) in [7, 11) is 5.57. The van der Waals surface area contributed by atoms with E-state index in [0.29, 0.717) is 24.5 Å². The molecule has 1 amide bonds. The topological polar surface area (TPSA) is 107 Å². The van der Waals surface area contributed by atoms with Crippen molar-refractivity contribution in [2.24, 2.45) is 11.8 Å². The highest BCUT2D eigenvalue weighted by atomic mass is 16.6. The number of amides is 1. The molecule has 2 N–H and O–H groups in total. The summed E-state index contributed by atoms with van der Waals surface area (Å²) >= 11 is 0. The lowest BCUT2D eigenvalue weighted by molar-refractivity contribution is -0.143. The number of ether oxygens (including phenoxy) is 2. The van der Waals surface area contributed by atoms with Crippen LogP contribution in [0.3, 0.4) is 0 Å². The number of aliphatic carboxylic acids is 1. The van der Waals surface area contributed by atoms with E-state index in [4.69, 9.17) is 14.5 Å². The first-order valence-electron chi connectivity index (χ1n) is 12.9. The highest BCUT2D eigenvalue weighted by Crippen LogP contribution is 2.33. The third-order valence-electron chi connectivity index (χ3n) is 7.93. The van der Waals surface area contributed by atoms with Crippen LogP contribution in [-0.4, -0.2) is 77.0 Å². The number of hydrogen-bond acceptors (Lipinski definition) is 8. The van der Waals surface area contributed by atoms with Gasteiger partial charge in [-0.25, -0.2) is 9.78 Å². The van der Waals surface area contributed by atoms with Crippen LogP contribution in [0.2, 0.25) is 0 Å². The van der Waals surface area contributed by atoms with Crippen molar-refractivity contribution in [2.75, 3.05) is 27.7 Å². The predicted octanol–water partition coefficient (Wildman–Crippen LogP) is 3.63. The molecule has 2 aliphatic carbocycles. The molecule has 2 heterocycles. The molecule has 0 bridgehead atoms. The Balaban J connectivity index is 1.45. The van der Waals surface area contributed by atoms with Crippen LogP contribution in [0.5, 0.6) is 5.75 Å². The van der Waals surface area contributed by atoms with E-state index in [1.54, 1.807) is 11.9 Å². The van der Waals surface area contributed by atoms with E-state index < -0.39 is 5.97 Å². The van der Waals surface area contributed by atoms with Crippen LogP contribution in [0.1, 0.15) is 63.3 Å². The molecule has 10 nitrogen and oxygen atoms in total. The summed E-state index contributed by atoms with van der Waals surface area (Å²) in [6.07, 6.45) is 6.02. The van der Waals surface area contributed by atoms with E-state index in [-0.39, 0.29) is 30.8 Å². The van der Waals surface area contributed by atoms with Gasteiger partial charge < -0.3 is 19.5 Å². The summed E-state index contributed by atoms with van der Waals surface area (Å²) in [5, 5.41) is 13.0. The number of aryl methyl sites for hydroxylation is 1. The first-order chi connectivity index (χ1) is 17.2. The van der Waals surface area contributed by atoms with Crippen LogP contribution in [0.4, 0.5) is 4.79 Å². The third kappa shape index (κ3) is 5.53. The number of carboxylic acid groups (broad SMARTS) is 1. The Hall–Kier alpha value is -3.01. The Morgan fingerprint density at radius 1 is 1.19 bits per heavy atom. The number of aromatic nitrogens is 1. The van der Waals surface area contributed by atoms with E-state index in [9.17, 15) is 14.7 Å². The fourth-order valence-electron chi connectivity index (χ4n) is 5.27. The molecule has 4 rings (SSSR count). The van der Waals surface area contributed by atoms with Gasteiger partial charge in [-0.1, -0.05) is 6.42 Å². The summed E-state index contributed by atoms with van der Waals surface area (Å²) in [6, 6.07) is 3.94. The molecule has 2 fully saturated rings. The molecule has 3 atom stereocenters. The Morgan fingerprint density at radius 3 is 2.56 bits per heavy atom. The van der Waals surface area contributed by atoms with Gasteiger partial charge in [0.05, 0.1) is 29.1 Å². The Labute approximate surface area is 213 Å². The number of rotatable bonds is 8. The van der Waals surface area contributed by atoms with Gasteiger partial charge in [0.1, 0.15) is 18.1 Å². The van der Waals surface area contributed by atoms with Gasteiger partial charge in [0.25, 0.3) is 0 Å².